The van der Waals surface area contributed by atoms with E-state index >= 15 is 0 Å². The second-order valence-corrected chi connectivity index (χ2v) is 6.25. The standard InChI is InChI=1S/C20H22N4O2/c1-15(9-10-16-6-3-2-4-7-16)22-18(25)11-12-19-23-20(24-26-19)17-8-5-13-21-14-17/h2-8,13-15H,9-12H2,1H3,(H,22,25)/t15-/m0/s1. The van der Waals surface area contributed by atoms with Crippen molar-refractivity contribution in [3.05, 3.63) is 66.3 Å². The molecular formula is C20H22N4O2. The zero-order valence-corrected chi connectivity index (χ0v) is 14.8. The van der Waals surface area contributed by atoms with E-state index in [-0.39, 0.29) is 11.9 Å². The minimum absolute atomic E-state index is 0.00769. The number of benzene rings is 1. The molecule has 0 fully saturated rings. The molecule has 0 bridgehead atoms. The summed E-state index contributed by atoms with van der Waals surface area (Å²) in [6, 6.07) is 14.1. The molecule has 6 heteroatoms. The van der Waals surface area contributed by atoms with Crippen LogP contribution >= 0.6 is 0 Å². The predicted molar refractivity (Wildman–Crippen MR) is 98.2 cm³/mol. The average Bonchev–Trinajstić information content (AvgIpc) is 3.15. The first-order valence-electron chi connectivity index (χ1n) is 8.77. The molecule has 3 aromatic rings. The topological polar surface area (TPSA) is 80.9 Å². The van der Waals surface area contributed by atoms with Crippen molar-refractivity contribution in [1.29, 1.82) is 0 Å². The van der Waals surface area contributed by atoms with Crippen LogP contribution in [-0.4, -0.2) is 27.1 Å². The van der Waals surface area contributed by atoms with Crippen molar-refractivity contribution in [2.24, 2.45) is 0 Å². The van der Waals surface area contributed by atoms with Crippen LogP contribution in [0.2, 0.25) is 0 Å². The molecule has 1 atom stereocenters. The van der Waals surface area contributed by atoms with Crippen LogP contribution in [0.1, 0.15) is 31.2 Å². The lowest BCUT2D eigenvalue weighted by Gasteiger charge is -2.13. The Bertz CT molecular complexity index is 818. The Balaban J connectivity index is 1.42. The van der Waals surface area contributed by atoms with Crippen molar-refractivity contribution in [1.82, 2.24) is 20.4 Å². The molecule has 6 nitrogen and oxygen atoms in total. The monoisotopic (exact) mass is 350 g/mol. The van der Waals surface area contributed by atoms with Gasteiger partial charge in [-0.05, 0) is 37.5 Å². The van der Waals surface area contributed by atoms with Crippen molar-refractivity contribution in [2.45, 2.75) is 38.6 Å². The second-order valence-electron chi connectivity index (χ2n) is 6.25. The van der Waals surface area contributed by atoms with Crippen LogP contribution in [0.5, 0.6) is 0 Å². The maximum absolute atomic E-state index is 12.1. The highest BCUT2D eigenvalue weighted by Gasteiger charge is 2.12. The van der Waals surface area contributed by atoms with Gasteiger partial charge in [-0.15, -0.1) is 0 Å². The molecule has 3 rings (SSSR count). The number of aromatic nitrogens is 3. The fourth-order valence-electron chi connectivity index (χ4n) is 2.64. The van der Waals surface area contributed by atoms with Gasteiger partial charge in [0.1, 0.15) is 0 Å². The second kappa shape index (κ2) is 8.89. The normalized spacial score (nSPS) is 11.9. The molecule has 0 aliphatic heterocycles. The Kier molecular flexibility index (Phi) is 6.09. The fourth-order valence-corrected chi connectivity index (χ4v) is 2.64. The molecule has 0 saturated heterocycles. The van der Waals surface area contributed by atoms with Crippen LogP contribution in [0.3, 0.4) is 0 Å². The predicted octanol–water partition coefficient (Wildman–Crippen LogP) is 3.20. The number of nitrogens with zero attached hydrogens (tertiary/aromatic N) is 3. The number of carbonyl (C=O) groups is 1. The summed E-state index contributed by atoms with van der Waals surface area (Å²) in [5, 5.41) is 6.95. The molecule has 1 aromatic carbocycles. The summed E-state index contributed by atoms with van der Waals surface area (Å²) in [5.74, 6) is 0.937. The van der Waals surface area contributed by atoms with E-state index in [0.29, 0.717) is 24.6 Å². The maximum Gasteiger partial charge on any atom is 0.227 e. The highest BCUT2D eigenvalue weighted by molar-refractivity contribution is 5.76. The minimum Gasteiger partial charge on any atom is -0.354 e. The van der Waals surface area contributed by atoms with E-state index in [9.17, 15) is 4.79 Å². The van der Waals surface area contributed by atoms with E-state index in [1.807, 2.05) is 37.3 Å². The summed E-state index contributed by atoms with van der Waals surface area (Å²) >= 11 is 0. The molecule has 0 radical (unpaired) electrons. The molecule has 1 N–H and O–H groups in total. The van der Waals surface area contributed by atoms with E-state index in [4.69, 9.17) is 4.52 Å². The molecular weight excluding hydrogens is 328 g/mol. The Morgan fingerprint density at radius 3 is 2.77 bits per heavy atom. The third-order valence-corrected chi connectivity index (χ3v) is 4.07. The van der Waals surface area contributed by atoms with Crippen molar-refractivity contribution < 1.29 is 9.32 Å². The molecule has 134 valence electrons. The lowest BCUT2D eigenvalue weighted by Crippen LogP contribution is -2.33. The number of carbonyl (C=O) groups excluding carboxylic acids is 1. The van der Waals surface area contributed by atoms with Gasteiger partial charge in [0.2, 0.25) is 17.6 Å². The summed E-state index contributed by atoms with van der Waals surface area (Å²) in [6.45, 7) is 2.02. The van der Waals surface area contributed by atoms with Gasteiger partial charge in [-0.2, -0.15) is 4.98 Å². The highest BCUT2D eigenvalue weighted by Crippen LogP contribution is 2.14. The van der Waals surface area contributed by atoms with E-state index in [1.54, 1.807) is 12.4 Å². The summed E-state index contributed by atoms with van der Waals surface area (Å²) in [4.78, 5) is 20.4. The largest absolute Gasteiger partial charge is 0.354 e. The van der Waals surface area contributed by atoms with E-state index in [1.165, 1.54) is 5.56 Å². The zero-order valence-electron chi connectivity index (χ0n) is 14.8. The van der Waals surface area contributed by atoms with Gasteiger partial charge in [0.25, 0.3) is 0 Å². The maximum atomic E-state index is 12.1. The lowest BCUT2D eigenvalue weighted by molar-refractivity contribution is -0.121. The van der Waals surface area contributed by atoms with Crippen LogP contribution in [0, 0.1) is 0 Å². The smallest absolute Gasteiger partial charge is 0.227 e. The Morgan fingerprint density at radius 1 is 1.15 bits per heavy atom. The van der Waals surface area contributed by atoms with Gasteiger partial charge in [0.15, 0.2) is 0 Å². The fraction of sp³-hybridized carbons (Fsp3) is 0.300. The van der Waals surface area contributed by atoms with E-state index < -0.39 is 0 Å². The van der Waals surface area contributed by atoms with Gasteiger partial charge in [-0.3, -0.25) is 9.78 Å². The number of hydrogen-bond acceptors (Lipinski definition) is 5. The van der Waals surface area contributed by atoms with Gasteiger partial charge in [0.05, 0.1) is 0 Å². The van der Waals surface area contributed by atoms with Gasteiger partial charge in [-0.25, -0.2) is 0 Å². The first-order valence-corrected chi connectivity index (χ1v) is 8.77. The lowest BCUT2D eigenvalue weighted by atomic mass is 10.1. The van der Waals surface area contributed by atoms with Crippen LogP contribution in [0.4, 0.5) is 0 Å². The average molecular weight is 350 g/mol. The highest BCUT2D eigenvalue weighted by atomic mass is 16.5. The number of aryl methyl sites for hydroxylation is 2. The number of pyridine rings is 1. The van der Waals surface area contributed by atoms with Crippen molar-refractivity contribution in [3.63, 3.8) is 0 Å². The molecule has 0 unspecified atom stereocenters. The SMILES string of the molecule is C[C@@H](CCc1ccccc1)NC(=O)CCc1nc(-c2cccnc2)no1. The van der Waals surface area contributed by atoms with Crippen LogP contribution in [-0.2, 0) is 17.6 Å². The Hall–Kier alpha value is -3.02. The van der Waals surface area contributed by atoms with Gasteiger partial charge in [-0.1, -0.05) is 35.5 Å². The van der Waals surface area contributed by atoms with Crippen molar-refractivity contribution >= 4 is 5.91 Å². The van der Waals surface area contributed by atoms with Crippen LogP contribution in [0.15, 0.2) is 59.4 Å². The van der Waals surface area contributed by atoms with Crippen LogP contribution < -0.4 is 5.32 Å². The number of amides is 1. The summed E-state index contributed by atoms with van der Waals surface area (Å²) in [7, 11) is 0. The minimum atomic E-state index is -0.00769. The van der Waals surface area contributed by atoms with Gasteiger partial charge in [0, 0.05) is 36.8 Å². The molecule has 0 aliphatic rings. The third kappa shape index (κ3) is 5.24. The zero-order chi connectivity index (χ0) is 18.2. The summed E-state index contributed by atoms with van der Waals surface area (Å²) < 4.78 is 5.21. The van der Waals surface area contributed by atoms with Crippen molar-refractivity contribution in [3.8, 4) is 11.4 Å². The molecule has 1 amide bonds. The van der Waals surface area contributed by atoms with Crippen molar-refractivity contribution in [2.75, 3.05) is 0 Å². The first kappa shape index (κ1) is 17.8. The van der Waals surface area contributed by atoms with Gasteiger partial charge >= 0.3 is 0 Å². The molecule has 0 saturated carbocycles. The number of rotatable bonds is 8. The third-order valence-electron chi connectivity index (χ3n) is 4.07. The quantitative estimate of drug-likeness (QED) is 0.675. The Morgan fingerprint density at radius 2 is 2.00 bits per heavy atom. The summed E-state index contributed by atoms with van der Waals surface area (Å²) in [5.41, 5.74) is 2.07. The van der Waals surface area contributed by atoms with Crippen LogP contribution in [0.25, 0.3) is 11.4 Å². The number of hydrogen-bond donors (Lipinski definition) is 1. The van der Waals surface area contributed by atoms with E-state index in [2.05, 4.69) is 32.6 Å². The molecule has 0 spiro atoms. The molecule has 2 aromatic heterocycles. The molecule has 2 heterocycles. The molecule has 26 heavy (non-hydrogen) atoms. The number of nitrogens with one attached hydrogen (secondary N) is 1. The summed E-state index contributed by atoms with van der Waals surface area (Å²) in [6.07, 6.45) is 5.96. The first-order chi connectivity index (χ1) is 12.7. The Labute approximate surface area is 152 Å². The van der Waals surface area contributed by atoms with Gasteiger partial charge < -0.3 is 9.84 Å². The molecule has 0 aliphatic carbocycles. The van der Waals surface area contributed by atoms with E-state index in [0.717, 1.165) is 18.4 Å².